The van der Waals surface area contributed by atoms with E-state index < -0.39 is 30.0 Å². The fraction of sp³-hybridized carbons (Fsp3) is 0. The van der Waals surface area contributed by atoms with E-state index in [2.05, 4.69) is 69.9 Å². The summed E-state index contributed by atoms with van der Waals surface area (Å²) in [6.45, 7) is 0. The minimum atomic E-state index is -5.06. The Balaban J connectivity index is 0.00000352. The number of benzene rings is 4. The molecule has 4 aromatic carbocycles. The zero-order valence-corrected chi connectivity index (χ0v) is 46.0. The third-order valence-electron chi connectivity index (χ3n) is 7.29. The van der Waals surface area contributed by atoms with Crippen molar-refractivity contribution < 1.29 is 173 Å². The first-order valence-corrected chi connectivity index (χ1v) is 21.0. The molecule has 0 aliphatic heterocycles. The van der Waals surface area contributed by atoms with Gasteiger partial charge in [-0.3, -0.25) is 10.1 Å². The van der Waals surface area contributed by atoms with Gasteiger partial charge in [0.05, 0.1) is 33.9 Å². The molecule has 0 saturated carbocycles. The predicted molar refractivity (Wildman–Crippen MR) is 209 cm³/mol. The molecule has 2 aromatic heterocycles. The van der Waals surface area contributed by atoms with Crippen molar-refractivity contribution in [1.82, 2.24) is 29.9 Å². The summed E-state index contributed by atoms with van der Waals surface area (Å²) in [6, 6.07) is 19.8. The molecule has 0 radical (unpaired) electrons. The SMILES string of the molecule is O=S(=O)([O-])c1ccc(Nc2nc(Cl)nc(Nc3ccc(/C=C/c4ccc(Nc5nc(Cl)nc(Nc6ccc(SOO[O-])cc6)n5)cc4S(=O)(=O)[O-])c(SOO[O-])c3)n2)cc1.[Na+].[Na+].[Na+].[Na+]. The molecule has 0 fully saturated rings. The zero-order valence-electron chi connectivity index (χ0n) is 33.2. The molecule has 2 heterocycles. The topological polar surface area (TPSA) is 323 Å². The molecule has 22 nitrogen and oxygen atoms in total. The minimum Gasteiger partial charge on any atom is -0.744 e. The van der Waals surface area contributed by atoms with Gasteiger partial charge in [-0.25, -0.2) is 16.8 Å². The van der Waals surface area contributed by atoms with Gasteiger partial charge in [-0.1, -0.05) is 24.3 Å². The fourth-order valence-corrected chi connectivity index (χ4v) is 7.16. The standard InChI is InChI=1S/C32H24Cl2N10O12S4.4Na/c33-27-40-30(36-20-9-13-24(14-10-20)59(47,48)49)43-31(41-27)37-21-5-3-17(25(15-21)58-56-54-46)1-2-18-4-6-22(16-26(18)60(50,51)52)38-32-42-28(34)39-29(44-32)35-19-7-11-23(12-8-19)57-55-53-45;;;;/h1-16,45-46H,(H,47,48,49)(H,50,51,52)(H2,35,38,39,42,44)(H2,36,37,40,41,43);;;;/q;4*+1/p-4/b2-1+;;;;. The fourth-order valence-electron chi connectivity index (χ4n) is 4.81. The van der Waals surface area contributed by atoms with E-state index in [1.54, 1.807) is 36.4 Å². The third kappa shape index (κ3) is 18.0. The third-order valence-corrected chi connectivity index (χ3v) is 10.6. The average Bonchev–Trinajstić information content (AvgIpc) is 3.19. The summed E-state index contributed by atoms with van der Waals surface area (Å²) in [4.78, 5) is 24.3. The maximum Gasteiger partial charge on any atom is 1.00 e. The summed E-state index contributed by atoms with van der Waals surface area (Å²) in [7, 11) is -9.71. The quantitative estimate of drug-likeness (QED) is 0.0155. The monoisotopic (exact) mass is 1030 g/mol. The van der Waals surface area contributed by atoms with E-state index in [0.29, 0.717) is 51.6 Å². The van der Waals surface area contributed by atoms with Crippen molar-refractivity contribution in [3.05, 3.63) is 107 Å². The van der Waals surface area contributed by atoms with Crippen molar-refractivity contribution in [1.29, 1.82) is 0 Å². The van der Waals surface area contributed by atoms with Crippen LogP contribution in [0.3, 0.4) is 0 Å². The van der Waals surface area contributed by atoms with Crippen molar-refractivity contribution in [2.45, 2.75) is 19.6 Å². The van der Waals surface area contributed by atoms with Crippen LogP contribution in [0.2, 0.25) is 10.6 Å². The number of anilines is 8. The molecule has 312 valence electrons. The van der Waals surface area contributed by atoms with Crippen LogP contribution in [0, 0.1) is 0 Å². The molecule has 0 unspecified atom stereocenters. The molecule has 0 atom stereocenters. The molecule has 0 aliphatic rings. The molecule has 64 heavy (non-hydrogen) atoms. The molecule has 6 aromatic rings. The second kappa shape index (κ2) is 27.6. The number of nitrogens with one attached hydrogen (secondary N) is 4. The minimum absolute atomic E-state index is 0. The van der Waals surface area contributed by atoms with Gasteiger partial charge in [0.2, 0.25) is 34.4 Å². The molecule has 32 heteroatoms. The van der Waals surface area contributed by atoms with Gasteiger partial charge in [0.1, 0.15) is 20.2 Å². The van der Waals surface area contributed by atoms with E-state index in [-0.39, 0.29) is 169 Å². The first-order chi connectivity index (χ1) is 28.6. The van der Waals surface area contributed by atoms with Crippen LogP contribution in [0.4, 0.5) is 46.5 Å². The second-order valence-corrected chi connectivity index (χ2v) is 16.2. The summed E-state index contributed by atoms with van der Waals surface area (Å²) in [6.07, 6.45) is 2.79. The van der Waals surface area contributed by atoms with E-state index in [1.807, 2.05) is 0 Å². The van der Waals surface area contributed by atoms with E-state index in [0.717, 1.165) is 18.2 Å². The summed E-state index contributed by atoms with van der Waals surface area (Å²) >= 11 is 13.4. The van der Waals surface area contributed by atoms with Gasteiger partial charge in [0.25, 0.3) is 0 Å². The number of nitrogens with zero attached hydrogens (tertiary/aromatic N) is 6. The molecule has 0 bridgehead atoms. The van der Waals surface area contributed by atoms with Crippen molar-refractivity contribution in [2.75, 3.05) is 21.3 Å². The van der Waals surface area contributed by atoms with Gasteiger partial charge in [-0.2, -0.15) is 38.6 Å². The number of rotatable bonds is 18. The first kappa shape index (κ1) is 58.8. The molecule has 0 aliphatic carbocycles. The van der Waals surface area contributed by atoms with E-state index in [1.165, 1.54) is 42.5 Å². The van der Waals surface area contributed by atoms with Crippen LogP contribution < -0.4 is 150 Å². The Bertz CT molecular complexity index is 2770. The zero-order chi connectivity index (χ0) is 42.9. The number of hydrogen-bond acceptors (Lipinski definition) is 24. The van der Waals surface area contributed by atoms with E-state index in [9.17, 15) is 36.5 Å². The average molecular weight is 1030 g/mol. The molecule has 0 spiro atoms. The van der Waals surface area contributed by atoms with Gasteiger partial charge in [0, 0.05) is 32.5 Å². The van der Waals surface area contributed by atoms with Gasteiger partial charge >= 0.3 is 118 Å². The smallest absolute Gasteiger partial charge is 0.744 e. The van der Waals surface area contributed by atoms with Crippen LogP contribution in [0.15, 0.2) is 105 Å². The maximum absolute atomic E-state index is 12.4. The molecular formula is C32H20Cl2N10Na4O12S4. The Morgan fingerprint density at radius 1 is 0.516 bits per heavy atom. The van der Waals surface area contributed by atoms with Crippen LogP contribution in [-0.2, 0) is 39.0 Å². The Hall–Kier alpha value is -1.30. The summed E-state index contributed by atoms with van der Waals surface area (Å²) in [5.41, 5.74) is 1.66. The number of hydrogen-bond donors (Lipinski definition) is 4. The number of halogens is 2. The normalized spacial score (nSPS) is 11.0. The summed E-state index contributed by atoms with van der Waals surface area (Å²) < 4.78 is 79.8. The van der Waals surface area contributed by atoms with Crippen molar-refractivity contribution >= 4 is 126 Å². The van der Waals surface area contributed by atoms with Gasteiger partial charge in [-0.05, 0) is 107 Å². The van der Waals surface area contributed by atoms with Crippen molar-refractivity contribution in [3.63, 3.8) is 0 Å². The predicted octanol–water partition coefficient (Wildman–Crippen LogP) is -7.21. The number of aromatic nitrogens is 6. The van der Waals surface area contributed by atoms with Gasteiger partial charge in [-0.15, -0.1) is 0 Å². The molecule has 4 N–H and O–H groups in total. The summed E-state index contributed by atoms with van der Waals surface area (Å²) in [5, 5.41) is 38.6. The Morgan fingerprint density at radius 2 is 0.922 bits per heavy atom. The largest absolute Gasteiger partial charge is 1.00 e. The summed E-state index contributed by atoms with van der Waals surface area (Å²) in [5.74, 6) is -0.184. The molecule has 0 saturated heterocycles. The van der Waals surface area contributed by atoms with Crippen molar-refractivity contribution in [3.8, 4) is 0 Å². The van der Waals surface area contributed by atoms with E-state index in [4.69, 9.17) is 23.2 Å². The molecule has 0 amide bonds. The van der Waals surface area contributed by atoms with Gasteiger partial charge < -0.3 is 40.9 Å². The van der Waals surface area contributed by atoms with Gasteiger partial charge in [0.15, 0.2) is 0 Å². The Labute approximate surface area is 470 Å². The maximum atomic E-state index is 12.4. The van der Waals surface area contributed by atoms with Crippen LogP contribution in [0.5, 0.6) is 0 Å². The van der Waals surface area contributed by atoms with Crippen molar-refractivity contribution in [2.24, 2.45) is 0 Å². The Kier molecular flexibility index (Phi) is 25.4. The van der Waals surface area contributed by atoms with E-state index >= 15 is 0 Å². The van der Waals surface area contributed by atoms with Crippen LogP contribution in [0.25, 0.3) is 12.2 Å². The van der Waals surface area contributed by atoms with Crippen LogP contribution in [0.1, 0.15) is 11.1 Å². The second-order valence-electron chi connectivity index (χ2n) is 11.2. The molecular weight excluding hydrogens is 1010 g/mol. The van der Waals surface area contributed by atoms with Crippen LogP contribution in [-0.4, -0.2) is 55.8 Å². The van der Waals surface area contributed by atoms with Crippen LogP contribution >= 0.6 is 47.3 Å². The first-order valence-electron chi connectivity index (χ1n) is 15.9. The molecule has 6 rings (SSSR count). The Morgan fingerprint density at radius 3 is 1.39 bits per heavy atom.